The van der Waals surface area contributed by atoms with Gasteiger partial charge in [0.2, 0.25) is 5.62 Å². The molecule has 0 spiro atoms. The van der Waals surface area contributed by atoms with Gasteiger partial charge in [0.1, 0.15) is 11.1 Å². The Labute approximate surface area is 96.7 Å². The number of fused-ring (bicyclic) bond motifs is 2. The summed E-state index contributed by atoms with van der Waals surface area (Å²) in [4.78, 5) is 18.5. The minimum Gasteiger partial charge on any atom is -0.497 e. The summed E-state index contributed by atoms with van der Waals surface area (Å²) in [5, 5.41) is 0.428. The van der Waals surface area contributed by atoms with Crippen LogP contribution >= 0.6 is 0 Å². The molecule has 5 nitrogen and oxygen atoms in total. The number of benzene rings is 1. The lowest BCUT2D eigenvalue weighted by Gasteiger charge is -2.13. The van der Waals surface area contributed by atoms with E-state index in [4.69, 9.17) is 4.74 Å². The Morgan fingerprint density at radius 1 is 1.53 bits per heavy atom. The van der Waals surface area contributed by atoms with Crippen molar-refractivity contribution in [1.29, 1.82) is 0 Å². The second-order valence-electron chi connectivity index (χ2n) is 3.92. The number of hydrogen-bond donors (Lipinski definition) is 1. The normalized spacial score (nSPS) is 12.5. The highest BCUT2D eigenvalue weighted by atomic mass is 16.5. The fourth-order valence-corrected chi connectivity index (χ4v) is 1.96. The molecule has 0 fully saturated rings. The fraction of sp³-hybridized carbons (Fsp3) is 0.167. The zero-order valence-electron chi connectivity index (χ0n) is 9.36. The molecule has 0 aliphatic carbocycles. The Morgan fingerprint density at radius 3 is 3.12 bits per heavy atom. The molecule has 86 valence electrons. The van der Waals surface area contributed by atoms with Gasteiger partial charge in [-0.3, -0.25) is 9.78 Å². The molecule has 0 amide bonds. The van der Waals surface area contributed by atoms with E-state index in [0.717, 1.165) is 17.0 Å². The standard InChI is InChI=1S/C12H11N3O2/c1-7-11(16)14-12-13-10-4-3-9(17-2)5-8(10)6-15(7)12/h3-5H,1,6H2,2H3,(H,13,14,16). The molecule has 0 radical (unpaired) electrons. The van der Waals surface area contributed by atoms with Gasteiger partial charge in [-0.25, -0.2) is 4.99 Å². The van der Waals surface area contributed by atoms with Crippen LogP contribution < -0.4 is 21.3 Å². The van der Waals surface area contributed by atoms with Crippen LogP contribution in [-0.2, 0) is 6.54 Å². The smallest absolute Gasteiger partial charge is 0.274 e. The van der Waals surface area contributed by atoms with Gasteiger partial charge in [0.25, 0.3) is 5.56 Å². The van der Waals surface area contributed by atoms with E-state index in [2.05, 4.69) is 16.6 Å². The van der Waals surface area contributed by atoms with Crippen molar-refractivity contribution in [3.63, 3.8) is 0 Å². The molecule has 0 saturated carbocycles. The molecule has 0 atom stereocenters. The number of rotatable bonds is 1. The van der Waals surface area contributed by atoms with Crippen molar-refractivity contribution in [2.24, 2.45) is 4.99 Å². The summed E-state index contributed by atoms with van der Waals surface area (Å²) < 4.78 is 6.94. The molecule has 1 aromatic heterocycles. The summed E-state index contributed by atoms with van der Waals surface area (Å²) in [6, 6.07) is 5.65. The lowest BCUT2D eigenvalue weighted by atomic mass is 10.1. The van der Waals surface area contributed by atoms with Crippen molar-refractivity contribution in [2.75, 3.05) is 7.11 Å². The quantitative estimate of drug-likeness (QED) is 0.634. The maximum absolute atomic E-state index is 11.5. The number of nitrogens with zero attached hydrogens (tertiary/aromatic N) is 2. The highest BCUT2D eigenvalue weighted by Gasteiger charge is 2.13. The molecule has 0 unspecified atom stereocenters. The van der Waals surface area contributed by atoms with Gasteiger partial charge < -0.3 is 9.30 Å². The number of hydrogen-bond acceptors (Lipinski definition) is 3. The van der Waals surface area contributed by atoms with Gasteiger partial charge in [-0.1, -0.05) is 6.58 Å². The van der Waals surface area contributed by atoms with E-state index < -0.39 is 0 Å². The van der Waals surface area contributed by atoms with Gasteiger partial charge >= 0.3 is 0 Å². The highest BCUT2D eigenvalue weighted by molar-refractivity contribution is 5.50. The molecule has 1 N–H and O–H groups in total. The summed E-state index contributed by atoms with van der Waals surface area (Å²) in [5.41, 5.74) is 2.24. The Kier molecular flexibility index (Phi) is 1.95. The van der Waals surface area contributed by atoms with Gasteiger partial charge in [-0.05, 0) is 18.2 Å². The van der Waals surface area contributed by atoms with E-state index in [9.17, 15) is 4.79 Å². The van der Waals surface area contributed by atoms with Gasteiger partial charge in [0.05, 0.1) is 19.3 Å². The zero-order valence-corrected chi connectivity index (χ0v) is 9.36. The topological polar surface area (TPSA) is 59.4 Å². The lowest BCUT2D eigenvalue weighted by molar-refractivity contribution is 0.414. The molecule has 2 aromatic rings. The van der Waals surface area contributed by atoms with Crippen molar-refractivity contribution in [3.05, 3.63) is 45.1 Å². The Bertz CT molecular complexity index is 755. The summed E-state index contributed by atoms with van der Waals surface area (Å²) in [6.45, 7) is 4.32. The first-order valence-corrected chi connectivity index (χ1v) is 5.22. The number of H-pyrrole nitrogens is 1. The summed E-state index contributed by atoms with van der Waals surface area (Å²) in [6.07, 6.45) is 0. The molecule has 5 heteroatoms. The van der Waals surface area contributed by atoms with Gasteiger partial charge in [0.15, 0.2) is 0 Å². The molecule has 0 saturated heterocycles. The average Bonchev–Trinajstić information content (AvgIpc) is 2.62. The minimum atomic E-state index is -0.191. The van der Waals surface area contributed by atoms with Gasteiger partial charge in [-0.15, -0.1) is 0 Å². The van der Waals surface area contributed by atoms with Crippen LogP contribution in [0.4, 0.5) is 5.69 Å². The number of aromatic amines is 1. The van der Waals surface area contributed by atoms with Crippen LogP contribution in [0.15, 0.2) is 28.0 Å². The predicted octanol–water partition coefficient (Wildman–Crippen LogP) is -0.0917. The number of nitrogens with one attached hydrogen (secondary N) is 1. The predicted molar refractivity (Wildman–Crippen MR) is 63.1 cm³/mol. The molecule has 1 aliphatic heterocycles. The average molecular weight is 229 g/mol. The third-order valence-corrected chi connectivity index (χ3v) is 2.91. The summed E-state index contributed by atoms with van der Waals surface area (Å²) >= 11 is 0. The largest absolute Gasteiger partial charge is 0.497 e. The summed E-state index contributed by atoms with van der Waals surface area (Å²) in [5.74, 6) is 0.784. The van der Waals surface area contributed by atoms with E-state index in [1.165, 1.54) is 0 Å². The third-order valence-electron chi connectivity index (χ3n) is 2.91. The monoisotopic (exact) mass is 229 g/mol. The molecule has 1 aliphatic rings. The zero-order chi connectivity index (χ0) is 12.0. The minimum absolute atomic E-state index is 0.191. The number of aromatic nitrogens is 2. The summed E-state index contributed by atoms with van der Waals surface area (Å²) in [7, 11) is 1.62. The van der Waals surface area contributed by atoms with Crippen LogP contribution in [0.1, 0.15) is 5.56 Å². The fourth-order valence-electron chi connectivity index (χ4n) is 1.96. The van der Waals surface area contributed by atoms with Crippen LogP contribution in [0.25, 0.3) is 6.58 Å². The van der Waals surface area contributed by atoms with Crippen molar-refractivity contribution in [3.8, 4) is 5.75 Å². The Hall–Kier alpha value is -2.30. The van der Waals surface area contributed by atoms with Crippen molar-refractivity contribution >= 4 is 12.3 Å². The van der Waals surface area contributed by atoms with Crippen LogP contribution in [0, 0.1) is 0 Å². The molecule has 2 heterocycles. The number of ether oxygens (including phenoxy) is 1. The Morgan fingerprint density at radius 2 is 2.35 bits per heavy atom. The van der Waals surface area contributed by atoms with E-state index in [-0.39, 0.29) is 5.56 Å². The van der Waals surface area contributed by atoms with Crippen LogP contribution in [0.5, 0.6) is 5.75 Å². The first-order valence-electron chi connectivity index (χ1n) is 5.22. The van der Waals surface area contributed by atoms with Crippen molar-refractivity contribution in [2.45, 2.75) is 6.54 Å². The van der Waals surface area contributed by atoms with Crippen LogP contribution in [-0.4, -0.2) is 16.7 Å². The SMILES string of the molecule is C=c1c(=O)[nH]c2n1Cc1cc(OC)ccc1N=2. The van der Waals surface area contributed by atoms with Crippen LogP contribution in [0.3, 0.4) is 0 Å². The van der Waals surface area contributed by atoms with Crippen LogP contribution in [0.2, 0.25) is 0 Å². The second-order valence-corrected chi connectivity index (χ2v) is 3.92. The van der Waals surface area contributed by atoms with Gasteiger partial charge in [-0.2, -0.15) is 0 Å². The molecule has 3 rings (SSSR count). The first kappa shape index (κ1) is 9.89. The van der Waals surface area contributed by atoms with Gasteiger partial charge in [0, 0.05) is 5.56 Å². The molecule has 1 aromatic carbocycles. The van der Waals surface area contributed by atoms with E-state index in [1.807, 2.05) is 18.2 Å². The maximum Gasteiger partial charge on any atom is 0.274 e. The lowest BCUT2D eigenvalue weighted by Crippen LogP contribution is -2.32. The molecule has 0 bridgehead atoms. The molecular formula is C12H11N3O2. The Balaban J connectivity index is 2.27. The second kappa shape index (κ2) is 3.35. The number of methoxy groups -OCH3 is 1. The molecular weight excluding hydrogens is 218 g/mol. The third kappa shape index (κ3) is 1.39. The van der Waals surface area contributed by atoms with E-state index >= 15 is 0 Å². The van der Waals surface area contributed by atoms with E-state index in [1.54, 1.807) is 11.7 Å². The van der Waals surface area contributed by atoms with Crippen molar-refractivity contribution < 1.29 is 4.74 Å². The van der Waals surface area contributed by atoms with E-state index in [0.29, 0.717) is 17.5 Å². The van der Waals surface area contributed by atoms with Crippen molar-refractivity contribution in [1.82, 2.24) is 9.55 Å². The maximum atomic E-state index is 11.5. The first-order chi connectivity index (χ1) is 8.19. The number of imidazole rings is 1. The molecule has 17 heavy (non-hydrogen) atoms. The highest BCUT2D eigenvalue weighted by Crippen LogP contribution is 2.25.